The van der Waals surface area contributed by atoms with Crippen LogP contribution in [-0.4, -0.2) is 12.8 Å². The van der Waals surface area contributed by atoms with Gasteiger partial charge in [-0.1, -0.05) is 6.07 Å². The first-order chi connectivity index (χ1) is 8.81. The summed E-state index contributed by atoms with van der Waals surface area (Å²) in [6.45, 7) is 2.99. The summed E-state index contributed by atoms with van der Waals surface area (Å²) in [5.74, 6) is 0. The molecule has 0 aliphatic carbocycles. The third kappa shape index (κ3) is 1.77. The summed E-state index contributed by atoms with van der Waals surface area (Å²) >= 11 is 1.76. The third-order valence-corrected chi connectivity index (χ3v) is 4.16. The highest BCUT2D eigenvalue weighted by molar-refractivity contribution is 7.25. The number of carbonyl (C=O) groups excluding carboxylic acids is 1. The van der Waals surface area contributed by atoms with Gasteiger partial charge in [0.2, 0.25) is 0 Å². The van der Waals surface area contributed by atoms with E-state index in [-0.39, 0.29) is 0 Å². The molecule has 0 atom stereocenters. The number of rotatable bonds is 3. The Morgan fingerprint density at radius 1 is 1.11 bits per heavy atom. The Morgan fingerprint density at radius 3 is 2.56 bits per heavy atom. The van der Waals surface area contributed by atoms with E-state index < -0.39 is 0 Å². The second-order valence-electron chi connectivity index (χ2n) is 4.22. The first-order valence-electron chi connectivity index (χ1n) is 5.97. The van der Waals surface area contributed by atoms with Crippen LogP contribution in [0, 0.1) is 0 Å². The second-order valence-corrected chi connectivity index (χ2v) is 5.30. The Bertz CT molecular complexity index is 730. The predicted molar refractivity (Wildman–Crippen MR) is 78.9 cm³/mol. The van der Waals surface area contributed by atoms with Crippen molar-refractivity contribution in [1.82, 2.24) is 0 Å². The molecule has 90 valence electrons. The zero-order valence-electron chi connectivity index (χ0n) is 10.1. The van der Waals surface area contributed by atoms with Gasteiger partial charge in [0.05, 0.1) is 0 Å². The van der Waals surface area contributed by atoms with E-state index in [0.29, 0.717) is 0 Å². The monoisotopic (exact) mass is 255 g/mol. The Morgan fingerprint density at radius 2 is 1.83 bits per heavy atom. The summed E-state index contributed by atoms with van der Waals surface area (Å²) in [5.41, 5.74) is 1.86. The molecular weight excluding hydrogens is 242 g/mol. The van der Waals surface area contributed by atoms with E-state index in [2.05, 4.69) is 30.4 Å². The van der Waals surface area contributed by atoms with Crippen LogP contribution in [0.1, 0.15) is 17.3 Å². The Hall–Kier alpha value is -1.87. The number of hydrogen-bond donors (Lipinski definition) is 1. The highest BCUT2D eigenvalue weighted by atomic mass is 32.1. The summed E-state index contributed by atoms with van der Waals surface area (Å²) in [6.07, 6.45) is 0.900. The molecule has 3 aromatic rings. The first kappa shape index (κ1) is 11.2. The molecule has 0 aliphatic rings. The first-order valence-corrected chi connectivity index (χ1v) is 6.79. The van der Waals surface area contributed by atoms with Gasteiger partial charge in [-0.25, -0.2) is 0 Å². The molecule has 0 bridgehead atoms. The lowest BCUT2D eigenvalue weighted by Gasteiger charge is -2.02. The molecule has 3 rings (SSSR count). The number of hydrogen-bond acceptors (Lipinski definition) is 3. The molecule has 1 N–H and O–H groups in total. The Labute approximate surface area is 109 Å². The van der Waals surface area contributed by atoms with E-state index in [9.17, 15) is 4.79 Å². The molecule has 0 saturated heterocycles. The van der Waals surface area contributed by atoms with Crippen LogP contribution >= 0.6 is 11.3 Å². The lowest BCUT2D eigenvalue weighted by molar-refractivity contribution is 0.112. The normalized spacial score (nSPS) is 10.9. The number of carbonyl (C=O) groups is 1. The van der Waals surface area contributed by atoms with Crippen LogP contribution in [0.25, 0.3) is 20.2 Å². The molecule has 0 radical (unpaired) electrons. The molecule has 3 heteroatoms. The highest BCUT2D eigenvalue weighted by Gasteiger charge is 2.06. The summed E-state index contributed by atoms with van der Waals surface area (Å²) in [7, 11) is 0. The number of anilines is 1. The van der Waals surface area contributed by atoms with E-state index in [1.54, 1.807) is 11.3 Å². The fourth-order valence-electron chi connectivity index (χ4n) is 2.18. The predicted octanol–water partition coefficient (Wildman–Crippen LogP) is 4.30. The van der Waals surface area contributed by atoms with Crippen molar-refractivity contribution in [2.24, 2.45) is 0 Å². The van der Waals surface area contributed by atoms with Gasteiger partial charge in [-0.2, -0.15) is 0 Å². The van der Waals surface area contributed by atoms with Gasteiger partial charge in [-0.15, -0.1) is 11.3 Å². The van der Waals surface area contributed by atoms with Crippen molar-refractivity contribution in [1.29, 1.82) is 0 Å². The van der Waals surface area contributed by atoms with E-state index in [0.717, 1.165) is 24.1 Å². The number of fused-ring (bicyclic) bond motifs is 3. The zero-order valence-corrected chi connectivity index (χ0v) is 10.9. The fraction of sp³-hybridized carbons (Fsp3) is 0.133. The molecule has 1 heterocycles. The van der Waals surface area contributed by atoms with Crippen molar-refractivity contribution >= 4 is 43.5 Å². The van der Waals surface area contributed by atoms with Crippen LogP contribution < -0.4 is 5.32 Å². The fourth-order valence-corrected chi connectivity index (χ4v) is 3.25. The van der Waals surface area contributed by atoms with Crippen LogP contribution in [0.15, 0.2) is 36.4 Å². The molecule has 0 amide bonds. The quantitative estimate of drug-likeness (QED) is 0.707. The molecule has 0 aliphatic heterocycles. The van der Waals surface area contributed by atoms with Gasteiger partial charge in [-0.3, -0.25) is 4.79 Å². The van der Waals surface area contributed by atoms with Crippen LogP contribution in [0.2, 0.25) is 0 Å². The van der Waals surface area contributed by atoms with Crippen molar-refractivity contribution in [3.8, 4) is 0 Å². The molecule has 2 nitrogen and oxygen atoms in total. The molecule has 1 aromatic heterocycles. The van der Waals surface area contributed by atoms with Gasteiger partial charge in [0.25, 0.3) is 0 Å². The highest BCUT2D eigenvalue weighted by Crippen LogP contribution is 2.35. The summed E-state index contributed by atoms with van der Waals surface area (Å²) in [6, 6.07) is 12.3. The summed E-state index contributed by atoms with van der Waals surface area (Å²) < 4.78 is 2.49. The minimum atomic E-state index is 0.732. The molecule has 2 aromatic carbocycles. The number of benzene rings is 2. The Balaban J connectivity index is 2.30. The molecule has 0 saturated carbocycles. The smallest absolute Gasteiger partial charge is 0.150 e. The maximum atomic E-state index is 10.9. The molecular formula is C15H13NOS. The average molecular weight is 255 g/mol. The molecule has 0 fully saturated rings. The topological polar surface area (TPSA) is 29.1 Å². The van der Waals surface area contributed by atoms with Crippen LogP contribution in [0.5, 0.6) is 0 Å². The van der Waals surface area contributed by atoms with Gasteiger partial charge in [0.1, 0.15) is 6.29 Å². The lowest BCUT2D eigenvalue weighted by Crippen LogP contribution is -1.95. The molecule has 18 heavy (non-hydrogen) atoms. The van der Waals surface area contributed by atoms with Crippen molar-refractivity contribution in [2.45, 2.75) is 6.92 Å². The zero-order chi connectivity index (χ0) is 12.5. The van der Waals surface area contributed by atoms with E-state index in [1.807, 2.05) is 18.2 Å². The molecule has 0 unspecified atom stereocenters. The minimum Gasteiger partial charge on any atom is -0.385 e. The average Bonchev–Trinajstić information content (AvgIpc) is 2.76. The van der Waals surface area contributed by atoms with Crippen molar-refractivity contribution in [2.75, 3.05) is 11.9 Å². The van der Waals surface area contributed by atoms with Gasteiger partial charge in [0, 0.05) is 38.0 Å². The largest absolute Gasteiger partial charge is 0.385 e. The summed E-state index contributed by atoms with van der Waals surface area (Å²) in [4.78, 5) is 10.9. The van der Waals surface area contributed by atoms with Gasteiger partial charge in [0.15, 0.2) is 0 Å². The second kappa shape index (κ2) is 4.42. The van der Waals surface area contributed by atoms with E-state index >= 15 is 0 Å². The summed E-state index contributed by atoms with van der Waals surface area (Å²) in [5, 5.41) is 5.70. The van der Waals surface area contributed by atoms with Crippen LogP contribution in [0.4, 0.5) is 5.69 Å². The van der Waals surface area contributed by atoms with Crippen molar-refractivity contribution in [3.63, 3.8) is 0 Å². The van der Waals surface area contributed by atoms with Crippen LogP contribution in [0.3, 0.4) is 0 Å². The minimum absolute atomic E-state index is 0.732. The van der Waals surface area contributed by atoms with Crippen LogP contribution in [-0.2, 0) is 0 Å². The third-order valence-electron chi connectivity index (χ3n) is 3.01. The number of thiophene rings is 1. The van der Waals surface area contributed by atoms with Crippen molar-refractivity contribution in [3.05, 3.63) is 42.0 Å². The van der Waals surface area contributed by atoms with Gasteiger partial charge < -0.3 is 5.32 Å². The van der Waals surface area contributed by atoms with Gasteiger partial charge >= 0.3 is 0 Å². The lowest BCUT2D eigenvalue weighted by atomic mass is 10.1. The SMILES string of the molecule is CCNc1ccc2sc3ccc(C=O)cc3c2c1. The van der Waals surface area contributed by atoms with Crippen molar-refractivity contribution < 1.29 is 4.79 Å². The van der Waals surface area contributed by atoms with E-state index in [1.165, 1.54) is 20.2 Å². The maximum Gasteiger partial charge on any atom is 0.150 e. The van der Waals surface area contributed by atoms with E-state index in [4.69, 9.17) is 0 Å². The number of nitrogens with one attached hydrogen (secondary N) is 1. The maximum absolute atomic E-state index is 10.9. The van der Waals surface area contributed by atoms with Gasteiger partial charge in [-0.05, 0) is 37.3 Å². The number of aldehydes is 1. The molecule has 0 spiro atoms. The standard InChI is InChI=1S/C15H13NOS/c1-2-16-11-4-6-15-13(8-11)12-7-10(9-17)3-5-14(12)18-15/h3-9,16H,2H2,1H3. The Kier molecular flexibility index (Phi) is 2.76.